The van der Waals surface area contributed by atoms with Crippen LogP contribution in [0.2, 0.25) is 0 Å². The van der Waals surface area contributed by atoms with Crippen molar-refractivity contribution in [1.82, 2.24) is 10.6 Å². The van der Waals surface area contributed by atoms with Crippen molar-refractivity contribution in [1.29, 1.82) is 0 Å². The first-order valence-electron chi connectivity index (χ1n) is 9.59. The van der Waals surface area contributed by atoms with E-state index in [-0.39, 0.29) is 18.4 Å². The van der Waals surface area contributed by atoms with Gasteiger partial charge in [0.15, 0.2) is 0 Å². The van der Waals surface area contributed by atoms with Gasteiger partial charge in [0.2, 0.25) is 0 Å². The maximum atomic E-state index is 12.6. The van der Waals surface area contributed by atoms with Crippen molar-refractivity contribution in [3.05, 3.63) is 35.4 Å². The van der Waals surface area contributed by atoms with E-state index in [1.807, 2.05) is 0 Å². The fourth-order valence-electron chi connectivity index (χ4n) is 3.60. The minimum Gasteiger partial charge on any atom is -0.481 e. The molecule has 3 amide bonds. The smallest absolute Gasteiger partial charge is 0.312 e. The molecule has 1 fully saturated rings. The third-order valence-electron chi connectivity index (χ3n) is 5.07. The van der Waals surface area contributed by atoms with Crippen molar-refractivity contribution < 1.29 is 19.5 Å². The van der Waals surface area contributed by atoms with Gasteiger partial charge in [0.25, 0.3) is 5.91 Å². The van der Waals surface area contributed by atoms with Gasteiger partial charge in [-0.15, -0.1) is 0 Å². The van der Waals surface area contributed by atoms with E-state index in [1.165, 1.54) is 19.3 Å². The molecule has 1 aromatic carbocycles. The number of benzene rings is 1. The van der Waals surface area contributed by atoms with Crippen molar-refractivity contribution >= 4 is 17.9 Å². The van der Waals surface area contributed by atoms with Crippen LogP contribution in [-0.2, 0) is 11.3 Å². The second-order valence-corrected chi connectivity index (χ2v) is 7.26. The SMILES string of the molecule is NC(=O)NCc1ccc(C(=O)NC(CCC(=O)O)CC2CCCCC2)cc1. The maximum absolute atomic E-state index is 12.6. The van der Waals surface area contributed by atoms with Crippen LogP contribution >= 0.6 is 0 Å². The van der Waals surface area contributed by atoms with Gasteiger partial charge in [0, 0.05) is 24.6 Å². The lowest BCUT2D eigenvalue weighted by molar-refractivity contribution is -0.137. The number of primary amides is 1. The molecule has 7 heteroatoms. The highest BCUT2D eigenvalue weighted by Crippen LogP contribution is 2.28. The van der Waals surface area contributed by atoms with Gasteiger partial charge in [0.1, 0.15) is 0 Å². The number of carbonyl (C=O) groups is 3. The number of carboxylic acids is 1. The number of nitrogens with two attached hydrogens (primary N) is 1. The molecule has 0 spiro atoms. The van der Waals surface area contributed by atoms with Gasteiger partial charge < -0.3 is 21.5 Å². The first-order chi connectivity index (χ1) is 12.9. The number of urea groups is 1. The summed E-state index contributed by atoms with van der Waals surface area (Å²) in [5, 5.41) is 14.5. The predicted octanol–water partition coefficient (Wildman–Crippen LogP) is 2.79. The van der Waals surface area contributed by atoms with Crippen LogP contribution in [0.1, 0.15) is 67.3 Å². The highest BCUT2D eigenvalue weighted by Gasteiger charge is 2.21. The molecule has 0 saturated heterocycles. The molecule has 5 N–H and O–H groups in total. The number of aliphatic carboxylic acids is 1. The minimum absolute atomic E-state index is 0.0510. The molecule has 148 valence electrons. The summed E-state index contributed by atoms with van der Waals surface area (Å²) >= 11 is 0. The number of hydrogen-bond donors (Lipinski definition) is 4. The summed E-state index contributed by atoms with van der Waals surface area (Å²) < 4.78 is 0. The van der Waals surface area contributed by atoms with Crippen LogP contribution in [0.3, 0.4) is 0 Å². The summed E-state index contributed by atoms with van der Waals surface area (Å²) in [6, 6.07) is 6.19. The summed E-state index contributed by atoms with van der Waals surface area (Å²) in [5.41, 5.74) is 6.40. The van der Waals surface area contributed by atoms with Crippen LogP contribution < -0.4 is 16.4 Å². The number of carbonyl (C=O) groups excluding carboxylic acids is 2. The Bertz CT molecular complexity index is 639. The third-order valence-corrected chi connectivity index (χ3v) is 5.07. The van der Waals surface area contributed by atoms with Crippen molar-refractivity contribution in [3.63, 3.8) is 0 Å². The molecule has 2 rings (SSSR count). The largest absolute Gasteiger partial charge is 0.481 e. The summed E-state index contributed by atoms with van der Waals surface area (Å²) in [4.78, 5) is 34.3. The van der Waals surface area contributed by atoms with Gasteiger partial charge in [-0.25, -0.2) is 4.79 Å². The van der Waals surface area contributed by atoms with Crippen LogP contribution in [0, 0.1) is 5.92 Å². The molecule has 27 heavy (non-hydrogen) atoms. The molecule has 0 heterocycles. The second-order valence-electron chi connectivity index (χ2n) is 7.26. The summed E-state index contributed by atoms with van der Waals surface area (Å²) in [7, 11) is 0. The molecule has 1 saturated carbocycles. The standard InChI is InChI=1S/C20H29N3O4/c21-20(27)22-13-15-6-8-16(9-7-15)19(26)23-17(10-11-18(24)25)12-14-4-2-1-3-5-14/h6-9,14,17H,1-5,10-13H2,(H,23,26)(H,24,25)(H3,21,22,27). The van der Waals surface area contributed by atoms with Crippen molar-refractivity contribution in [2.24, 2.45) is 11.7 Å². The van der Waals surface area contributed by atoms with Gasteiger partial charge in [-0.3, -0.25) is 9.59 Å². The van der Waals surface area contributed by atoms with Crippen LogP contribution in [-0.4, -0.2) is 29.1 Å². The molecule has 0 aromatic heterocycles. The van der Waals surface area contributed by atoms with E-state index >= 15 is 0 Å². The second kappa shape index (κ2) is 10.5. The van der Waals surface area contributed by atoms with Gasteiger partial charge in [-0.1, -0.05) is 44.2 Å². The lowest BCUT2D eigenvalue weighted by atomic mass is 9.84. The van der Waals surface area contributed by atoms with Gasteiger partial charge in [0.05, 0.1) is 0 Å². The monoisotopic (exact) mass is 375 g/mol. The molecule has 0 radical (unpaired) electrons. The highest BCUT2D eigenvalue weighted by atomic mass is 16.4. The van der Waals surface area contributed by atoms with E-state index < -0.39 is 12.0 Å². The zero-order chi connectivity index (χ0) is 19.6. The fourth-order valence-corrected chi connectivity index (χ4v) is 3.60. The molecule has 0 bridgehead atoms. The number of amides is 3. The molecule has 0 aliphatic heterocycles. The summed E-state index contributed by atoms with van der Waals surface area (Å²) in [6.07, 6.45) is 7.32. The number of nitrogens with one attached hydrogen (secondary N) is 2. The lowest BCUT2D eigenvalue weighted by Gasteiger charge is -2.27. The average Bonchev–Trinajstić information content (AvgIpc) is 2.65. The first-order valence-corrected chi connectivity index (χ1v) is 9.59. The minimum atomic E-state index is -0.843. The Balaban J connectivity index is 1.94. The quantitative estimate of drug-likeness (QED) is 0.530. The molecule has 1 atom stereocenters. The molecule has 7 nitrogen and oxygen atoms in total. The third kappa shape index (κ3) is 7.68. The molecule has 1 unspecified atom stereocenters. The molecule has 1 aromatic rings. The number of hydrogen-bond acceptors (Lipinski definition) is 3. The Morgan fingerprint density at radius 1 is 1.11 bits per heavy atom. The van der Waals surface area contributed by atoms with Crippen LogP contribution in [0.25, 0.3) is 0 Å². The van der Waals surface area contributed by atoms with E-state index in [2.05, 4.69) is 10.6 Å². The normalized spacial score (nSPS) is 15.7. The highest BCUT2D eigenvalue weighted by molar-refractivity contribution is 5.94. The Kier molecular flexibility index (Phi) is 8.10. The molecular formula is C20H29N3O4. The topological polar surface area (TPSA) is 122 Å². The average molecular weight is 375 g/mol. The maximum Gasteiger partial charge on any atom is 0.312 e. The van der Waals surface area contributed by atoms with E-state index in [0.717, 1.165) is 24.8 Å². The van der Waals surface area contributed by atoms with E-state index in [1.54, 1.807) is 24.3 Å². The molecule has 1 aliphatic rings. The van der Waals surface area contributed by atoms with Crippen molar-refractivity contribution in [2.75, 3.05) is 0 Å². The van der Waals surface area contributed by atoms with Crippen molar-refractivity contribution in [3.8, 4) is 0 Å². The molecular weight excluding hydrogens is 346 g/mol. The lowest BCUT2D eigenvalue weighted by Crippen LogP contribution is -2.37. The number of carboxylic acid groups (broad SMARTS) is 1. The van der Waals surface area contributed by atoms with E-state index in [9.17, 15) is 14.4 Å². The number of rotatable bonds is 9. The Morgan fingerprint density at radius 2 is 1.78 bits per heavy atom. The van der Waals surface area contributed by atoms with E-state index in [4.69, 9.17) is 10.8 Å². The summed E-state index contributed by atoms with van der Waals surface area (Å²) in [5.74, 6) is -0.486. The molecule has 1 aliphatic carbocycles. The zero-order valence-electron chi connectivity index (χ0n) is 15.6. The Labute approximate surface area is 159 Å². The van der Waals surface area contributed by atoms with Gasteiger partial charge >= 0.3 is 12.0 Å². The van der Waals surface area contributed by atoms with Crippen LogP contribution in [0.15, 0.2) is 24.3 Å². The zero-order valence-corrected chi connectivity index (χ0v) is 15.6. The van der Waals surface area contributed by atoms with Crippen molar-refractivity contribution in [2.45, 2.75) is 64.0 Å². The van der Waals surface area contributed by atoms with E-state index in [0.29, 0.717) is 24.4 Å². The van der Waals surface area contributed by atoms with Crippen LogP contribution in [0.4, 0.5) is 4.79 Å². The van der Waals surface area contributed by atoms with Gasteiger partial charge in [-0.2, -0.15) is 0 Å². The Hall–Kier alpha value is -2.57. The fraction of sp³-hybridized carbons (Fsp3) is 0.550. The first kappa shape index (κ1) is 20.7. The Morgan fingerprint density at radius 3 is 2.37 bits per heavy atom. The summed E-state index contributed by atoms with van der Waals surface area (Å²) in [6.45, 7) is 0.306. The predicted molar refractivity (Wildman–Crippen MR) is 102 cm³/mol. The van der Waals surface area contributed by atoms with Gasteiger partial charge in [-0.05, 0) is 36.5 Å². The van der Waals surface area contributed by atoms with Crippen LogP contribution in [0.5, 0.6) is 0 Å².